The first-order valence-corrected chi connectivity index (χ1v) is 7.51. The van der Waals surface area contributed by atoms with E-state index in [4.69, 9.17) is 9.47 Å². The monoisotopic (exact) mass is 314 g/mol. The van der Waals surface area contributed by atoms with Gasteiger partial charge >= 0.3 is 0 Å². The highest BCUT2D eigenvalue weighted by Gasteiger charge is 2.12. The average molecular weight is 314 g/mol. The van der Waals surface area contributed by atoms with Gasteiger partial charge < -0.3 is 20.1 Å². The lowest BCUT2D eigenvalue weighted by Crippen LogP contribution is -2.17. The minimum atomic E-state index is -0.185. The van der Waals surface area contributed by atoms with Gasteiger partial charge in [-0.1, -0.05) is 25.1 Å². The molecule has 2 N–H and O–H groups in total. The number of amides is 1. The molecule has 0 spiro atoms. The number of para-hydroxylation sites is 1. The Bertz CT molecular complexity index is 671. The van der Waals surface area contributed by atoms with Gasteiger partial charge in [0, 0.05) is 17.8 Å². The lowest BCUT2D eigenvalue weighted by atomic mass is 10.1. The van der Waals surface area contributed by atoms with Crippen LogP contribution in [0.4, 0.5) is 5.69 Å². The predicted octanol–water partition coefficient (Wildman–Crippen LogP) is 3.07. The molecule has 0 aliphatic rings. The summed E-state index contributed by atoms with van der Waals surface area (Å²) in [4.78, 5) is 12.5. The molecule has 0 heterocycles. The highest BCUT2D eigenvalue weighted by Crippen LogP contribution is 2.28. The molecular formula is C18H22N2O3. The number of methoxy groups -OCH3 is 2. The molecule has 2 aromatic rings. The maximum absolute atomic E-state index is 12.5. The summed E-state index contributed by atoms with van der Waals surface area (Å²) in [6.45, 7) is 3.63. The van der Waals surface area contributed by atoms with Gasteiger partial charge in [-0.2, -0.15) is 0 Å². The molecule has 0 aliphatic heterocycles. The Morgan fingerprint density at radius 2 is 1.78 bits per heavy atom. The van der Waals surface area contributed by atoms with Gasteiger partial charge in [-0.15, -0.1) is 0 Å². The van der Waals surface area contributed by atoms with Crippen LogP contribution in [0.2, 0.25) is 0 Å². The molecule has 122 valence electrons. The zero-order valence-corrected chi connectivity index (χ0v) is 13.7. The molecule has 0 saturated carbocycles. The van der Waals surface area contributed by atoms with E-state index in [1.54, 1.807) is 32.4 Å². The number of nitrogens with one attached hydrogen (secondary N) is 2. The second-order valence-corrected chi connectivity index (χ2v) is 4.96. The molecule has 2 rings (SSSR count). The maximum atomic E-state index is 12.5. The molecule has 0 atom stereocenters. The van der Waals surface area contributed by atoms with Crippen molar-refractivity contribution in [2.24, 2.45) is 0 Å². The minimum Gasteiger partial charge on any atom is -0.493 e. The van der Waals surface area contributed by atoms with Gasteiger partial charge in [0.2, 0.25) is 0 Å². The molecule has 0 bridgehead atoms. The molecule has 23 heavy (non-hydrogen) atoms. The summed E-state index contributed by atoms with van der Waals surface area (Å²) < 4.78 is 10.4. The van der Waals surface area contributed by atoms with Crippen molar-refractivity contribution in [1.29, 1.82) is 0 Å². The van der Waals surface area contributed by atoms with Crippen molar-refractivity contribution in [2.75, 3.05) is 26.1 Å². The second kappa shape index (κ2) is 8.19. The van der Waals surface area contributed by atoms with E-state index in [0.29, 0.717) is 23.6 Å². The summed E-state index contributed by atoms with van der Waals surface area (Å²) in [5, 5.41) is 6.21. The van der Waals surface area contributed by atoms with Crippen molar-refractivity contribution in [1.82, 2.24) is 5.32 Å². The van der Waals surface area contributed by atoms with E-state index in [-0.39, 0.29) is 5.91 Å². The van der Waals surface area contributed by atoms with Crippen molar-refractivity contribution >= 4 is 11.6 Å². The Kier molecular flexibility index (Phi) is 6.00. The van der Waals surface area contributed by atoms with Crippen LogP contribution in [0, 0.1) is 0 Å². The molecule has 0 radical (unpaired) electrons. The lowest BCUT2D eigenvalue weighted by Gasteiger charge is -2.13. The summed E-state index contributed by atoms with van der Waals surface area (Å²) in [6.07, 6.45) is 0. The van der Waals surface area contributed by atoms with Crippen LogP contribution in [-0.2, 0) is 6.54 Å². The van der Waals surface area contributed by atoms with Crippen LogP contribution < -0.4 is 20.1 Å². The van der Waals surface area contributed by atoms with Crippen molar-refractivity contribution in [3.63, 3.8) is 0 Å². The zero-order chi connectivity index (χ0) is 16.7. The maximum Gasteiger partial charge on any atom is 0.255 e. The molecule has 5 nitrogen and oxygen atoms in total. The first kappa shape index (κ1) is 16.8. The standard InChI is InChI=1S/C18H22N2O3/c1-4-19-12-14-7-5-6-8-15(14)20-18(21)13-9-10-16(22-2)17(11-13)23-3/h5-11,19H,4,12H2,1-3H3,(H,20,21). The summed E-state index contributed by atoms with van der Waals surface area (Å²) in [5.41, 5.74) is 2.36. The van der Waals surface area contributed by atoms with E-state index < -0.39 is 0 Å². The van der Waals surface area contributed by atoms with Crippen molar-refractivity contribution in [3.05, 3.63) is 53.6 Å². The van der Waals surface area contributed by atoms with Gasteiger partial charge in [-0.05, 0) is 36.4 Å². The average Bonchev–Trinajstić information content (AvgIpc) is 2.60. The van der Waals surface area contributed by atoms with Crippen molar-refractivity contribution in [3.8, 4) is 11.5 Å². The third-order valence-electron chi connectivity index (χ3n) is 3.48. The van der Waals surface area contributed by atoms with Crippen molar-refractivity contribution in [2.45, 2.75) is 13.5 Å². The fourth-order valence-electron chi connectivity index (χ4n) is 2.23. The highest BCUT2D eigenvalue weighted by atomic mass is 16.5. The Balaban J connectivity index is 2.19. The van der Waals surface area contributed by atoms with Crippen LogP contribution >= 0.6 is 0 Å². The van der Waals surface area contributed by atoms with E-state index in [2.05, 4.69) is 10.6 Å². The van der Waals surface area contributed by atoms with Crippen molar-refractivity contribution < 1.29 is 14.3 Å². The number of ether oxygens (including phenoxy) is 2. The van der Waals surface area contributed by atoms with Gasteiger partial charge in [0.1, 0.15) is 0 Å². The Hall–Kier alpha value is -2.53. The third-order valence-corrected chi connectivity index (χ3v) is 3.48. The second-order valence-electron chi connectivity index (χ2n) is 4.96. The number of hydrogen-bond donors (Lipinski definition) is 2. The topological polar surface area (TPSA) is 59.6 Å². The van der Waals surface area contributed by atoms with Crippen LogP contribution in [0.1, 0.15) is 22.8 Å². The molecule has 1 amide bonds. The SMILES string of the molecule is CCNCc1ccccc1NC(=O)c1ccc(OC)c(OC)c1. The normalized spacial score (nSPS) is 10.2. The first-order chi connectivity index (χ1) is 11.2. The number of carbonyl (C=O) groups is 1. The minimum absolute atomic E-state index is 0.185. The van der Waals surface area contributed by atoms with E-state index in [1.165, 1.54) is 0 Å². The molecule has 0 saturated heterocycles. The molecule has 0 unspecified atom stereocenters. The van der Waals surface area contributed by atoms with Crippen LogP contribution in [0.15, 0.2) is 42.5 Å². The van der Waals surface area contributed by atoms with Crippen LogP contribution in [-0.4, -0.2) is 26.7 Å². The number of rotatable bonds is 7. The summed E-state index contributed by atoms with van der Waals surface area (Å²) in [6, 6.07) is 12.8. The fraction of sp³-hybridized carbons (Fsp3) is 0.278. The zero-order valence-electron chi connectivity index (χ0n) is 13.7. The number of benzene rings is 2. The number of hydrogen-bond acceptors (Lipinski definition) is 4. The van der Waals surface area contributed by atoms with E-state index >= 15 is 0 Å². The van der Waals surface area contributed by atoms with Gasteiger partial charge in [-0.25, -0.2) is 0 Å². The Labute approximate surface area is 136 Å². The van der Waals surface area contributed by atoms with Gasteiger partial charge in [0.15, 0.2) is 11.5 Å². The molecule has 2 aromatic carbocycles. The summed E-state index contributed by atoms with van der Waals surface area (Å²) >= 11 is 0. The van der Waals surface area contributed by atoms with Crippen LogP contribution in [0.25, 0.3) is 0 Å². The molecular weight excluding hydrogens is 292 g/mol. The van der Waals surface area contributed by atoms with E-state index in [0.717, 1.165) is 17.8 Å². The van der Waals surface area contributed by atoms with Crippen LogP contribution in [0.5, 0.6) is 11.5 Å². The van der Waals surface area contributed by atoms with Gasteiger partial charge in [-0.3, -0.25) is 4.79 Å². The fourth-order valence-corrected chi connectivity index (χ4v) is 2.23. The molecule has 0 fully saturated rings. The molecule has 0 aliphatic carbocycles. The number of anilines is 1. The summed E-state index contributed by atoms with van der Waals surface area (Å²) in [5.74, 6) is 0.938. The third kappa shape index (κ3) is 4.23. The first-order valence-electron chi connectivity index (χ1n) is 7.51. The van der Waals surface area contributed by atoms with E-state index in [9.17, 15) is 4.79 Å². The van der Waals surface area contributed by atoms with Crippen LogP contribution in [0.3, 0.4) is 0 Å². The highest BCUT2D eigenvalue weighted by molar-refractivity contribution is 6.05. The Morgan fingerprint density at radius 1 is 1.04 bits per heavy atom. The lowest BCUT2D eigenvalue weighted by molar-refractivity contribution is 0.102. The quantitative estimate of drug-likeness (QED) is 0.824. The van der Waals surface area contributed by atoms with Gasteiger partial charge in [0.25, 0.3) is 5.91 Å². The predicted molar refractivity (Wildman–Crippen MR) is 91.3 cm³/mol. The molecule has 0 aromatic heterocycles. The Morgan fingerprint density at radius 3 is 2.48 bits per heavy atom. The largest absolute Gasteiger partial charge is 0.493 e. The molecule has 5 heteroatoms. The van der Waals surface area contributed by atoms with Gasteiger partial charge in [0.05, 0.1) is 14.2 Å². The number of carbonyl (C=O) groups excluding carboxylic acids is 1. The summed E-state index contributed by atoms with van der Waals surface area (Å²) in [7, 11) is 3.11. The smallest absolute Gasteiger partial charge is 0.255 e. The van der Waals surface area contributed by atoms with E-state index in [1.807, 2.05) is 31.2 Å².